The fraction of sp³-hybridized carbons (Fsp3) is 0.524. The molecule has 2 saturated heterocycles. The van der Waals surface area contributed by atoms with Crippen LogP contribution in [0.5, 0.6) is 0 Å². The highest BCUT2D eigenvalue weighted by molar-refractivity contribution is 5.69. The van der Waals surface area contributed by atoms with Crippen molar-refractivity contribution in [3.05, 3.63) is 40.7 Å². The van der Waals surface area contributed by atoms with Crippen molar-refractivity contribution >= 4 is 22.8 Å². The molecule has 0 N–H and O–H groups in total. The molecule has 2 fully saturated rings. The predicted molar refractivity (Wildman–Crippen MR) is 114 cm³/mol. The van der Waals surface area contributed by atoms with E-state index >= 15 is 0 Å². The standard InChI is InChI=1S/C21H22F5N7O/c1-2-32-17-18(33(19(32)34)9-15(22)23)29-16(8-28-17)30-6-4-20(10-30)11-31(12-20)13-3-5-27-14(7-13)21(24,25)26/h3,5,7-8,15H,2,4,6,9-12H2,1H3. The van der Waals surface area contributed by atoms with Crippen molar-refractivity contribution in [2.75, 3.05) is 36.0 Å². The molecule has 2 aliphatic rings. The van der Waals surface area contributed by atoms with E-state index in [1.165, 1.54) is 10.8 Å². The zero-order chi connectivity index (χ0) is 24.3. The molecular formula is C21H22F5N7O. The lowest BCUT2D eigenvalue weighted by atomic mass is 9.79. The summed E-state index contributed by atoms with van der Waals surface area (Å²) in [5, 5.41) is 0. The summed E-state index contributed by atoms with van der Waals surface area (Å²) in [5.41, 5.74) is -0.744. The smallest absolute Gasteiger partial charge is 0.370 e. The van der Waals surface area contributed by atoms with Crippen molar-refractivity contribution < 1.29 is 22.0 Å². The number of aromatic nitrogens is 5. The Morgan fingerprint density at radius 3 is 2.50 bits per heavy atom. The number of alkyl halides is 5. The first kappa shape index (κ1) is 22.5. The van der Waals surface area contributed by atoms with Crippen LogP contribution >= 0.6 is 0 Å². The van der Waals surface area contributed by atoms with Gasteiger partial charge in [0.15, 0.2) is 11.3 Å². The Labute approximate surface area is 190 Å². The number of hydrogen-bond donors (Lipinski definition) is 0. The highest BCUT2D eigenvalue weighted by Crippen LogP contribution is 2.43. The molecule has 5 rings (SSSR count). The van der Waals surface area contributed by atoms with Crippen LogP contribution in [0.2, 0.25) is 0 Å². The fourth-order valence-corrected chi connectivity index (χ4v) is 4.91. The monoisotopic (exact) mass is 483 g/mol. The highest BCUT2D eigenvalue weighted by Gasteiger charge is 2.48. The summed E-state index contributed by atoms with van der Waals surface area (Å²) in [5.74, 6) is 0.488. The van der Waals surface area contributed by atoms with Gasteiger partial charge >= 0.3 is 11.9 Å². The maximum absolute atomic E-state index is 13.1. The van der Waals surface area contributed by atoms with Gasteiger partial charge in [-0.2, -0.15) is 13.2 Å². The molecule has 34 heavy (non-hydrogen) atoms. The molecule has 0 aliphatic carbocycles. The molecule has 0 atom stereocenters. The van der Waals surface area contributed by atoms with Gasteiger partial charge in [0.05, 0.1) is 12.7 Å². The zero-order valence-corrected chi connectivity index (χ0v) is 18.3. The molecule has 0 radical (unpaired) electrons. The first-order chi connectivity index (χ1) is 16.1. The van der Waals surface area contributed by atoms with Gasteiger partial charge in [-0.25, -0.2) is 23.5 Å². The topological polar surface area (TPSA) is 72.1 Å². The Hall–Kier alpha value is -3.25. The first-order valence-electron chi connectivity index (χ1n) is 10.9. The van der Waals surface area contributed by atoms with E-state index in [1.54, 1.807) is 13.0 Å². The molecular weight excluding hydrogens is 461 g/mol. The van der Waals surface area contributed by atoms with Gasteiger partial charge in [-0.3, -0.25) is 14.1 Å². The average Bonchev–Trinajstić information content (AvgIpc) is 3.32. The summed E-state index contributed by atoms with van der Waals surface area (Å²) in [6.07, 6.45) is -3.70. The second-order valence-corrected chi connectivity index (χ2v) is 8.83. The lowest BCUT2D eigenvalue weighted by molar-refractivity contribution is -0.141. The summed E-state index contributed by atoms with van der Waals surface area (Å²) in [7, 11) is 0. The van der Waals surface area contributed by atoms with Crippen molar-refractivity contribution in [2.24, 2.45) is 5.41 Å². The van der Waals surface area contributed by atoms with Gasteiger partial charge < -0.3 is 9.80 Å². The summed E-state index contributed by atoms with van der Waals surface area (Å²) < 4.78 is 67.3. The third-order valence-electron chi connectivity index (χ3n) is 6.55. The lowest BCUT2D eigenvalue weighted by Crippen LogP contribution is -2.57. The Kier molecular flexibility index (Phi) is 5.24. The minimum absolute atomic E-state index is 0.115. The molecule has 0 amide bonds. The summed E-state index contributed by atoms with van der Waals surface area (Å²) in [4.78, 5) is 28.6. The molecule has 0 unspecified atom stereocenters. The summed E-state index contributed by atoms with van der Waals surface area (Å²) >= 11 is 0. The van der Waals surface area contributed by atoms with Crippen molar-refractivity contribution in [3.8, 4) is 0 Å². The van der Waals surface area contributed by atoms with Crippen LogP contribution < -0.4 is 15.5 Å². The third kappa shape index (κ3) is 3.76. The predicted octanol–water partition coefficient (Wildman–Crippen LogP) is 3.01. The molecule has 0 aromatic carbocycles. The minimum Gasteiger partial charge on any atom is -0.370 e. The zero-order valence-electron chi connectivity index (χ0n) is 18.3. The fourth-order valence-electron chi connectivity index (χ4n) is 4.91. The van der Waals surface area contributed by atoms with Gasteiger partial charge in [0.1, 0.15) is 11.5 Å². The minimum atomic E-state index is -4.50. The van der Waals surface area contributed by atoms with Gasteiger partial charge in [0.25, 0.3) is 6.43 Å². The van der Waals surface area contributed by atoms with E-state index in [4.69, 9.17) is 0 Å². The number of rotatable bonds is 5. The van der Waals surface area contributed by atoms with Gasteiger partial charge in [-0.15, -0.1) is 0 Å². The van der Waals surface area contributed by atoms with Gasteiger partial charge in [0, 0.05) is 50.0 Å². The lowest BCUT2D eigenvalue weighted by Gasteiger charge is -2.49. The second-order valence-electron chi connectivity index (χ2n) is 8.83. The number of fused-ring (bicyclic) bond motifs is 1. The van der Waals surface area contributed by atoms with E-state index < -0.39 is 30.5 Å². The number of pyridine rings is 1. The van der Waals surface area contributed by atoms with Crippen LogP contribution in [0.25, 0.3) is 11.3 Å². The van der Waals surface area contributed by atoms with Crippen LogP contribution in [-0.4, -0.2) is 56.7 Å². The average molecular weight is 483 g/mol. The summed E-state index contributed by atoms with van der Waals surface area (Å²) in [6.45, 7) is 3.68. The maximum Gasteiger partial charge on any atom is 0.433 e. The van der Waals surface area contributed by atoms with Crippen molar-refractivity contribution in [3.63, 3.8) is 0 Å². The number of hydrogen-bond acceptors (Lipinski definition) is 6. The Morgan fingerprint density at radius 1 is 1.09 bits per heavy atom. The summed E-state index contributed by atoms with van der Waals surface area (Å²) in [6, 6.07) is 2.62. The van der Waals surface area contributed by atoms with E-state index in [2.05, 4.69) is 15.0 Å². The second kappa shape index (κ2) is 7.91. The van der Waals surface area contributed by atoms with Crippen LogP contribution in [0.15, 0.2) is 29.3 Å². The number of imidazole rings is 1. The Bertz CT molecular complexity index is 1280. The number of nitrogens with zero attached hydrogens (tertiary/aromatic N) is 7. The molecule has 8 nitrogen and oxygen atoms in total. The quantitative estimate of drug-likeness (QED) is 0.520. The molecule has 2 aliphatic heterocycles. The van der Waals surface area contributed by atoms with Crippen LogP contribution in [-0.2, 0) is 19.3 Å². The SMILES string of the molecule is CCn1c(=O)n(CC(F)F)c2nc(N3CCC4(CN(c5ccnc(C(F)(F)F)c5)C4)C3)cnc21. The molecule has 3 aromatic rings. The largest absolute Gasteiger partial charge is 0.433 e. The number of anilines is 2. The molecule has 182 valence electrons. The molecule has 1 spiro atoms. The number of aryl methyl sites for hydroxylation is 1. The van der Waals surface area contributed by atoms with Gasteiger partial charge in [-0.05, 0) is 25.5 Å². The molecule has 13 heteroatoms. The van der Waals surface area contributed by atoms with E-state index in [0.29, 0.717) is 37.7 Å². The first-order valence-corrected chi connectivity index (χ1v) is 10.9. The van der Waals surface area contributed by atoms with E-state index in [1.807, 2.05) is 9.80 Å². The Balaban J connectivity index is 1.35. The van der Waals surface area contributed by atoms with Crippen LogP contribution in [0.1, 0.15) is 19.0 Å². The molecule has 5 heterocycles. The molecule has 3 aromatic heterocycles. The van der Waals surface area contributed by atoms with Gasteiger partial charge in [0.2, 0.25) is 0 Å². The van der Waals surface area contributed by atoms with E-state index in [0.717, 1.165) is 23.3 Å². The van der Waals surface area contributed by atoms with Crippen LogP contribution in [0, 0.1) is 5.41 Å². The van der Waals surface area contributed by atoms with Gasteiger partial charge in [-0.1, -0.05) is 0 Å². The Morgan fingerprint density at radius 2 is 1.82 bits per heavy atom. The van der Waals surface area contributed by atoms with E-state index in [-0.39, 0.29) is 23.3 Å². The number of halogens is 5. The molecule has 0 saturated carbocycles. The van der Waals surface area contributed by atoms with Crippen molar-refractivity contribution in [1.82, 2.24) is 24.1 Å². The normalized spacial score (nSPS) is 17.9. The maximum atomic E-state index is 13.1. The van der Waals surface area contributed by atoms with Crippen molar-refractivity contribution in [2.45, 2.75) is 39.0 Å². The molecule has 0 bridgehead atoms. The van der Waals surface area contributed by atoms with Crippen LogP contribution in [0.3, 0.4) is 0 Å². The van der Waals surface area contributed by atoms with E-state index in [9.17, 15) is 26.7 Å². The third-order valence-corrected chi connectivity index (χ3v) is 6.55. The van der Waals surface area contributed by atoms with Crippen molar-refractivity contribution in [1.29, 1.82) is 0 Å². The van der Waals surface area contributed by atoms with Crippen LogP contribution in [0.4, 0.5) is 33.5 Å². The highest BCUT2D eigenvalue weighted by atomic mass is 19.4.